The Morgan fingerprint density at radius 1 is 1.50 bits per heavy atom. The minimum absolute atomic E-state index is 0.0240. The molecule has 2 aliphatic rings. The first-order valence-electron chi connectivity index (χ1n) is 7.39. The second-order valence-corrected chi connectivity index (χ2v) is 6.01. The van der Waals surface area contributed by atoms with E-state index >= 15 is 0 Å². The van der Waals surface area contributed by atoms with Crippen molar-refractivity contribution in [3.63, 3.8) is 0 Å². The van der Waals surface area contributed by atoms with E-state index in [-0.39, 0.29) is 23.8 Å². The smallest absolute Gasteiger partial charge is 0.245 e. The van der Waals surface area contributed by atoms with Crippen molar-refractivity contribution in [1.82, 2.24) is 15.5 Å². The van der Waals surface area contributed by atoms with Crippen molar-refractivity contribution in [3.05, 3.63) is 0 Å². The van der Waals surface area contributed by atoms with Gasteiger partial charge in [0, 0.05) is 19.1 Å². The highest BCUT2D eigenvalue weighted by molar-refractivity contribution is 5.92. The van der Waals surface area contributed by atoms with Crippen LogP contribution in [0.25, 0.3) is 0 Å². The van der Waals surface area contributed by atoms with Crippen LogP contribution < -0.4 is 10.6 Å². The van der Waals surface area contributed by atoms with Crippen LogP contribution in [0.1, 0.15) is 27.2 Å². The number of carbonyl (C=O) groups is 2. The van der Waals surface area contributed by atoms with Crippen LogP contribution in [0.2, 0.25) is 0 Å². The summed E-state index contributed by atoms with van der Waals surface area (Å²) in [6, 6.07) is 0.0586. The van der Waals surface area contributed by atoms with Crippen molar-refractivity contribution in [2.24, 2.45) is 5.92 Å². The third-order valence-electron chi connectivity index (χ3n) is 4.17. The molecule has 0 radical (unpaired) electrons. The fourth-order valence-corrected chi connectivity index (χ4v) is 2.81. The van der Waals surface area contributed by atoms with Gasteiger partial charge in [0.2, 0.25) is 11.8 Å². The zero-order valence-electron chi connectivity index (χ0n) is 12.6. The van der Waals surface area contributed by atoms with Crippen LogP contribution in [-0.4, -0.2) is 61.1 Å². The molecule has 0 aromatic heterocycles. The van der Waals surface area contributed by atoms with Gasteiger partial charge in [0.1, 0.15) is 5.54 Å². The molecule has 2 aliphatic heterocycles. The zero-order chi connectivity index (χ0) is 14.8. The van der Waals surface area contributed by atoms with Crippen molar-refractivity contribution in [2.75, 3.05) is 32.8 Å². The maximum atomic E-state index is 12.8. The van der Waals surface area contributed by atoms with Crippen molar-refractivity contribution >= 4 is 11.8 Å². The van der Waals surface area contributed by atoms with Gasteiger partial charge < -0.3 is 20.3 Å². The Balaban J connectivity index is 2.07. The molecule has 2 atom stereocenters. The molecule has 0 aromatic rings. The van der Waals surface area contributed by atoms with Gasteiger partial charge in [-0.2, -0.15) is 0 Å². The van der Waals surface area contributed by atoms with Crippen LogP contribution in [0.15, 0.2) is 0 Å². The summed E-state index contributed by atoms with van der Waals surface area (Å²) in [5.41, 5.74) is -0.784. The lowest BCUT2D eigenvalue weighted by atomic mass is 9.94. The zero-order valence-corrected chi connectivity index (χ0v) is 12.6. The van der Waals surface area contributed by atoms with Crippen LogP contribution in [0, 0.1) is 5.92 Å². The van der Waals surface area contributed by atoms with Gasteiger partial charge in [0.25, 0.3) is 0 Å². The first-order valence-corrected chi connectivity index (χ1v) is 7.39. The number of nitrogens with zero attached hydrogens (tertiary/aromatic N) is 1. The molecule has 0 bridgehead atoms. The maximum absolute atomic E-state index is 12.8. The molecule has 0 aromatic carbocycles. The van der Waals surface area contributed by atoms with E-state index in [1.54, 1.807) is 18.7 Å². The molecule has 6 heteroatoms. The van der Waals surface area contributed by atoms with Gasteiger partial charge in [-0.1, -0.05) is 6.92 Å². The highest BCUT2D eigenvalue weighted by atomic mass is 16.5. The second kappa shape index (κ2) is 6.10. The second-order valence-electron chi connectivity index (χ2n) is 6.01. The summed E-state index contributed by atoms with van der Waals surface area (Å²) >= 11 is 0. The third-order valence-corrected chi connectivity index (χ3v) is 4.17. The fraction of sp³-hybridized carbons (Fsp3) is 0.857. The highest BCUT2D eigenvalue weighted by Crippen LogP contribution is 2.24. The van der Waals surface area contributed by atoms with E-state index < -0.39 is 5.54 Å². The molecular weight excluding hydrogens is 258 g/mol. The predicted octanol–water partition coefficient (Wildman–Crippen LogP) is -0.262. The van der Waals surface area contributed by atoms with E-state index in [2.05, 4.69) is 17.6 Å². The average molecular weight is 283 g/mol. The van der Waals surface area contributed by atoms with Crippen molar-refractivity contribution in [1.29, 1.82) is 0 Å². The molecule has 2 heterocycles. The number of rotatable bonds is 4. The van der Waals surface area contributed by atoms with E-state index in [0.717, 1.165) is 13.0 Å². The molecule has 2 amide bonds. The lowest BCUT2D eigenvalue weighted by molar-refractivity contribution is -0.152. The predicted molar refractivity (Wildman–Crippen MR) is 75.2 cm³/mol. The Hall–Kier alpha value is -1.14. The summed E-state index contributed by atoms with van der Waals surface area (Å²) in [5, 5.41) is 6.18. The topological polar surface area (TPSA) is 70.7 Å². The molecule has 2 N–H and O–H groups in total. The van der Waals surface area contributed by atoms with Gasteiger partial charge in [-0.15, -0.1) is 0 Å². The van der Waals surface area contributed by atoms with Crippen LogP contribution >= 0.6 is 0 Å². The van der Waals surface area contributed by atoms with Crippen LogP contribution in [0.4, 0.5) is 0 Å². The lowest BCUT2D eigenvalue weighted by Gasteiger charge is -2.42. The number of piperazine rings is 1. The van der Waals surface area contributed by atoms with Gasteiger partial charge >= 0.3 is 0 Å². The molecule has 2 fully saturated rings. The molecule has 0 spiro atoms. The summed E-state index contributed by atoms with van der Waals surface area (Å²) in [6.45, 7) is 8.65. The monoisotopic (exact) mass is 283 g/mol. The minimum Gasteiger partial charge on any atom is -0.379 e. The SMILES string of the molecule is CCCNC1COCC1C(=O)N1CCNC(=O)C1(C)C. The van der Waals surface area contributed by atoms with E-state index in [9.17, 15) is 9.59 Å². The van der Waals surface area contributed by atoms with Crippen molar-refractivity contribution < 1.29 is 14.3 Å². The Morgan fingerprint density at radius 2 is 2.25 bits per heavy atom. The first kappa shape index (κ1) is 15.3. The third kappa shape index (κ3) is 2.81. The van der Waals surface area contributed by atoms with Crippen LogP contribution in [0.5, 0.6) is 0 Å². The average Bonchev–Trinajstić information content (AvgIpc) is 2.87. The number of amides is 2. The molecule has 6 nitrogen and oxygen atoms in total. The molecule has 0 aliphatic carbocycles. The standard InChI is InChI=1S/C14H25N3O3/c1-4-5-15-11-9-20-8-10(11)12(18)17-7-6-16-13(19)14(17,2)3/h10-11,15H,4-9H2,1-3H3,(H,16,19). The first-order chi connectivity index (χ1) is 9.48. The Morgan fingerprint density at radius 3 is 2.95 bits per heavy atom. The lowest BCUT2D eigenvalue weighted by Crippen LogP contribution is -2.65. The van der Waals surface area contributed by atoms with E-state index in [4.69, 9.17) is 4.74 Å². The number of ether oxygens (including phenoxy) is 1. The number of hydrogen-bond donors (Lipinski definition) is 2. The summed E-state index contributed by atoms with van der Waals surface area (Å²) in [7, 11) is 0. The van der Waals surface area contributed by atoms with E-state index in [0.29, 0.717) is 26.3 Å². The Kier molecular flexibility index (Phi) is 4.65. The molecule has 2 unspecified atom stereocenters. The van der Waals surface area contributed by atoms with Crippen LogP contribution in [0.3, 0.4) is 0 Å². The quantitative estimate of drug-likeness (QED) is 0.746. The van der Waals surface area contributed by atoms with Crippen molar-refractivity contribution in [2.45, 2.75) is 38.8 Å². The van der Waals surface area contributed by atoms with E-state index in [1.807, 2.05) is 0 Å². The summed E-state index contributed by atoms with van der Waals surface area (Å²) < 4.78 is 5.46. The summed E-state index contributed by atoms with van der Waals surface area (Å²) in [6.07, 6.45) is 1.02. The van der Waals surface area contributed by atoms with Gasteiger partial charge in [0.15, 0.2) is 0 Å². The Bertz CT molecular complexity index is 384. The maximum Gasteiger partial charge on any atom is 0.245 e. The minimum atomic E-state index is -0.784. The normalized spacial score (nSPS) is 29.4. The molecular formula is C14H25N3O3. The van der Waals surface area contributed by atoms with Crippen molar-refractivity contribution in [3.8, 4) is 0 Å². The Labute approximate surface area is 120 Å². The molecule has 2 rings (SSSR count). The van der Waals surface area contributed by atoms with Gasteiger partial charge in [-0.25, -0.2) is 0 Å². The van der Waals surface area contributed by atoms with Crippen LogP contribution in [-0.2, 0) is 14.3 Å². The van der Waals surface area contributed by atoms with Gasteiger partial charge in [-0.3, -0.25) is 9.59 Å². The van der Waals surface area contributed by atoms with Gasteiger partial charge in [0.05, 0.1) is 19.1 Å². The fourth-order valence-electron chi connectivity index (χ4n) is 2.81. The van der Waals surface area contributed by atoms with E-state index in [1.165, 1.54) is 0 Å². The molecule has 2 saturated heterocycles. The van der Waals surface area contributed by atoms with Gasteiger partial charge in [-0.05, 0) is 26.8 Å². The number of hydrogen-bond acceptors (Lipinski definition) is 4. The number of carbonyl (C=O) groups excluding carboxylic acids is 2. The summed E-state index contributed by atoms with van der Waals surface area (Å²) in [5.74, 6) is -0.253. The largest absolute Gasteiger partial charge is 0.379 e. The number of nitrogens with one attached hydrogen (secondary N) is 2. The molecule has 114 valence electrons. The molecule has 20 heavy (non-hydrogen) atoms. The molecule has 0 saturated carbocycles. The summed E-state index contributed by atoms with van der Waals surface area (Å²) in [4.78, 5) is 26.4. The highest BCUT2D eigenvalue weighted by Gasteiger charge is 2.45.